The number of hydrogen-bond donors (Lipinski definition) is 0. The molecular weight excluding hydrogens is 344 g/mol. The molecule has 0 aliphatic carbocycles. The highest BCUT2D eigenvalue weighted by Crippen LogP contribution is 2.20. The second kappa shape index (κ2) is 8.03. The normalized spacial score (nSPS) is 17.3. The molecule has 1 aromatic carbocycles. The Morgan fingerprint density at radius 3 is 2.46 bits per heavy atom. The zero-order valence-electron chi connectivity index (χ0n) is 15.0. The Bertz CT molecular complexity index is 667. The Kier molecular flexibility index (Phi) is 6.01. The van der Waals surface area contributed by atoms with Crippen molar-refractivity contribution in [3.63, 3.8) is 0 Å². The summed E-state index contributed by atoms with van der Waals surface area (Å²) >= 11 is 0. The van der Waals surface area contributed by atoms with Gasteiger partial charge in [-0.15, -0.1) is 0 Å². The number of hydrogen-bond acceptors (Lipinski definition) is 7. The number of ether oxygens (including phenoxy) is 3. The highest BCUT2D eigenvalue weighted by atomic mass is 16.7. The van der Waals surface area contributed by atoms with Crippen molar-refractivity contribution in [2.24, 2.45) is 0 Å². The summed E-state index contributed by atoms with van der Waals surface area (Å²) in [6.07, 6.45) is -0.588. The molecule has 9 nitrogen and oxygen atoms in total. The maximum Gasteiger partial charge on any atom is 0.514 e. The molecule has 0 saturated carbocycles. The third-order valence-corrected chi connectivity index (χ3v) is 3.54. The molecule has 26 heavy (non-hydrogen) atoms. The van der Waals surface area contributed by atoms with E-state index in [1.54, 1.807) is 20.8 Å². The van der Waals surface area contributed by atoms with E-state index in [2.05, 4.69) is 0 Å². The smallest absolute Gasteiger partial charge is 0.444 e. The summed E-state index contributed by atoms with van der Waals surface area (Å²) in [7, 11) is 0. The molecule has 0 aromatic heterocycles. The average Bonchev–Trinajstić information content (AvgIpc) is 2.54. The van der Waals surface area contributed by atoms with E-state index >= 15 is 0 Å². The summed E-state index contributed by atoms with van der Waals surface area (Å²) in [4.78, 5) is 35.5. The SMILES string of the molecule is CC(C)(C)OC(=O)N1CCCC(OC(=O)Oc2ccc([N+](=O)[O-])cc2)C1. The molecule has 1 heterocycles. The molecule has 0 radical (unpaired) electrons. The highest BCUT2D eigenvalue weighted by Gasteiger charge is 2.29. The molecule has 142 valence electrons. The van der Waals surface area contributed by atoms with E-state index in [4.69, 9.17) is 14.2 Å². The molecule has 1 fully saturated rings. The van der Waals surface area contributed by atoms with Crippen LogP contribution in [-0.2, 0) is 9.47 Å². The van der Waals surface area contributed by atoms with E-state index < -0.39 is 28.9 Å². The third-order valence-electron chi connectivity index (χ3n) is 3.54. The second-order valence-electron chi connectivity index (χ2n) is 6.91. The summed E-state index contributed by atoms with van der Waals surface area (Å²) in [6.45, 7) is 6.11. The van der Waals surface area contributed by atoms with Gasteiger partial charge in [-0.2, -0.15) is 0 Å². The number of likely N-dealkylation sites (tertiary alicyclic amines) is 1. The van der Waals surface area contributed by atoms with Crippen molar-refractivity contribution in [3.05, 3.63) is 34.4 Å². The predicted molar refractivity (Wildman–Crippen MR) is 91.0 cm³/mol. The average molecular weight is 366 g/mol. The Morgan fingerprint density at radius 2 is 1.88 bits per heavy atom. The van der Waals surface area contributed by atoms with Crippen LogP contribution in [0.2, 0.25) is 0 Å². The fraction of sp³-hybridized carbons (Fsp3) is 0.529. The van der Waals surface area contributed by atoms with E-state index in [1.165, 1.54) is 29.2 Å². The molecule has 9 heteroatoms. The van der Waals surface area contributed by atoms with Gasteiger partial charge in [0.2, 0.25) is 0 Å². The van der Waals surface area contributed by atoms with Gasteiger partial charge in [-0.25, -0.2) is 9.59 Å². The zero-order chi connectivity index (χ0) is 19.3. The van der Waals surface area contributed by atoms with Crippen molar-refractivity contribution in [3.8, 4) is 5.75 Å². The Labute approximate surface area is 151 Å². The summed E-state index contributed by atoms with van der Waals surface area (Å²) < 4.78 is 15.6. The fourth-order valence-electron chi connectivity index (χ4n) is 2.42. The van der Waals surface area contributed by atoms with Gasteiger partial charge in [0.25, 0.3) is 5.69 Å². The van der Waals surface area contributed by atoms with Crippen molar-refractivity contribution < 1.29 is 28.7 Å². The van der Waals surface area contributed by atoms with Gasteiger partial charge in [0, 0.05) is 18.7 Å². The van der Waals surface area contributed by atoms with Crippen molar-refractivity contribution in [1.82, 2.24) is 4.90 Å². The van der Waals surface area contributed by atoms with E-state index in [9.17, 15) is 19.7 Å². The highest BCUT2D eigenvalue weighted by molar-refractivity contribution is 5.68. The number of benzene rings is 1. The van der Waals surface area contributed by atoms with Crippen molar-refractivity contribution in [2.45, 2.75) is 45.3 Å². The first kappa shape index (κ1) is 19.5. The molecule has 1 aliphatic rings. The summed E-state index contributed by atoms with van der Waals surface area (Å²) in [5.74, 6) is 0.139. The van der Waals surface area contributed by atoms with E-state index in [1.807, 2.05) is 0 Å². The van der Waals surface area contributed by atoms with Crippen LogP contribution in [0, 0.1) is 10.1 Å². The molecular formula is C17H22N2O7. The van der Waals surface area contributed by atoms with Gasteiger partial charge in [0.15, 0.2) is 0 Å². The number of nitrogens with zero attached hydrogens (tertiary/aromatic N) is 2. The predicted octanol–water partition coefficient (Wildman–Crippen LogP) is 3.51. The number of nitro benzene ring substituents is 1. The standard InChI is InChI=1S/C17H22N2O7/c1-17(2,3)26-15(20)18-10-4-5-14(11-18)25-16(21)24-13-8-6-12(7-9-13)19(22)23/h6-9,14H,4-5,10-11H2,1-3H3. The first-order chi connectivity index (χ1) is 12.1. The molecule has 0 N–H and O–H groups in total. The monoisotopic (exact) mass is 366 g/mol. The molecule has 1 unspecified atom stereocenters. The van der Waals surface area contributed by atoms with E-state index in [0.717, 1.165) is 0 Å². The van der Waals surface area contributed by atoms with Crippen LogP contribution < -0.4 is 4.74 Å². The lowest BCUT2D eigenvalue weighted by Crippen LogP contribution is -2.46. The zero-order valence-corrected chi connectivity index (χ0v) is 15.0. The number of carbonyl (C=O) groups is 2. The number of rotatable bonds is 3. The molecule has 1 atom stereocenters. The summed E-state index contributed by atoms with van der Waals surface area (Å²) in [5.41, 5.74) is -0.703. The number of amides is 1. The lowest BCUT2D eigenvalue weighted by molar-refractivity contribution is -0.384. The minimum atomic E-state index is -0.921. The molecule has 0 bridgehead atoms. The maximum absolute atomic E-state index is 12.1. The molecule has 1 aliphatic heterocycles. The number of nitro groups is 1. The van der Waals surface area contributed by atoms with Crippen LogP contribution in [0.3, 0.4) is 0 Å². The van der Waals surface area contributed by atoms with Crippen LogP contribution >= 0.6 is 0 Å². The van der Waals surface area contributed by atoms with Crippen LogP contribution in [0.4, 0.5) is 15.3 Å². The fourth-order valence-corrected chi connectivity index (χ4v) is 2.42. The Hall–Kier alpha value is -2.84. The van der Waals surface area contributed by atoms with E-state index in [-0.39, 0.29) is 18.0 Å². The summed E-state index contributed by atoms with van der Waals surface area (Å²) in [5, 5.41) is 10.6. The van der Waals surface area contributed by atoms with Crippen molar-refractivity contribution >= 4 is 17.9 Å². The van der Waals surface area contributed by atoms with E-state index in [0.29, 0.717) is 19.4 Å². The summed E-state index contributed by atoms with van der Waals surface area (Å²) in [6, 6.07) is 5.08. The van der Waals surface area contributed by atoms with Gasteiger partial charge in [0.05, 0.1) is 11.5 Å². The lowest BCUT2D eigenvalue weighted by atomic mass is 10.1. The van der Waals surface area contributed by atoms with Crippen LogP contribution in [0.1, 0.15) is 33.6 Å². The topological polar surface area (TPSA) is 108 Å². The van der Waals surface area contributed by atoms with Crippen LogP contribution in [0.25, 0.3) is 0 Å². The van der Waals surface area contributed by atoms with Gasteiger partial charge < -0.3 is 19.1 Å². The van der Waals surface area contributed by atoms with Gasteiger partial charge >= 0.3 is 12.2 Å². The third kappa shape index (κ3) is 5.91. The quantitative estimate of drug-likeness (QED) is 0.348. The van der Waals surface area contributed by atoms with Crippen molar-refractivity contribution in [2.75, 3.05) is 13.1 Å². The molecule has 0 spiro atoms. The Morgan fingerprint density at radius 1 is 1.23 bits per heavy atom. The minimum absolute atomic E-state index is 0.106. The van der Waals surface area contributed by atoms with Gasteiger partial charge in [-0.1, -0.05) is 0 Å². The van der Waals surface area contributed by atoms with Crippen LogP contribution in [0.15, 0.2) is 24.3 Å². The van der Waals surface area contributed by atoms with Crippen LogP contribution in [0.5, 0.6) is 5.75 Å². The number of carbonyl (C=O) groups excluding carboxylic acids is 2. The Balaban J connectivity index is 1.86. The lowest BCUT2D eigenvalue weighted by Gasteiger charge is -2.33. The van der Waals surface area contributed by atoms with Gasteiger partial charge in [0.1, 0.15) is 17.5 Å². The largest absolute Gasteiger partial charge is 0.514 e. The van der Waals surface area contributed by atoms with Crippen molar-refractivity contribution in [1.29, 1.82) is 0 Å². The molecule has 2 rings (SSSR count). The van der Waals surface area contributed by atoms with Gasteiger partial charge in [-0.05, 0) is 45.7 Å². The molecule has 1 amide bonds. The molecule has 1 saturated heterocycles. The molecule has 1 aromatic rings. The maximum atomic E-state index is 12.1. The number of piperidine rings is 1. The van der Waals surface area contributed by atoms with Gasteiger partial charge in [-0.3, -0.25) is 10.1 Å². The first-order valence-electron chi connectivity index (χ1n) is 8.25. The second-order valence-corrected chi connectivity index (χ2v) is 6.91. The minimum Gasteiger partial charge on any atom is -0.444 e. The first-order valence-corrected chi connectivity index (χ1v) is 8.25. The number of non-ortho nitro benzene ring substituents is 1. The van der Waals surface area contributed by atoms with Crippen LogP contribution in [-0.4, -0.2) is 46.9 Å².